The summed E-state index contributed by atoms with van der Waals surface area (Å²) >= 11 is 0. The second-order valence-electron chi connectivity index (χ2n) is 4.28. The summed E-state index contributed by atoms with van der Waals surface area (Å²) in [5.41, 5.74) is 1.43. The molecule has 0 aromatic rings. The lowest BCUT2D eigenvalue weighted by Gasteiger charge is -2.19. The molecule has 0 aromatic carbocycles. The van der Waals surface area contributed by atoms with Crippen molar-refractivity contribution < 1.29 is 4.74 Å². The molecular weight excluding hydrogens is 162 g/mol. The molecule has 1 fully saturated rings. The molecule has 0 amide bonds. The van der Waals surface area contributed by atoms with E-state index in [0.717, 1.165) is 37.3 Å². The van der Waals surface area contributed by atoms with Crippen molar-refractivity contribution in [2.45, 2.75) is 25.7 Å². The Balaban J connectivity index is 1.85. The van der Waals surface area contributed by atoms with Crippen molar-refractivity contribution in [1.82, 2.24) is 0 Å². The first kappa shape index (κ1) is 7.60. The molecule has 70 valence electrons. The number of rotatable bonds is 1. The van der Waals surface area contributed by atoms with Crippen LogP contribution in [0.5, 0.6) is 0 Å². The van der Waals surface area contributed by atoms with Crippen LogP contribution in [-0.4, -0.2) is 19.0 Å². The van der Waals surface area contributed by atoms with E-state index in [-0.39, 0.29) is 0 Å². The van der Waals surface area contributed by atoms with Gasteiger partial charge in [0.1, 0.15) is 0 Å². The summed E-state index contributed by atoms with van der Waals surface area (Å²) in [7, 11) is 0. The quantitative estimate of drug-likeness (QED) is 0.601. The van der Waals surface area contributed by atoms with E-state index in [0.29, 0.717) is 0 Å². The third kappa shape index (κ3) is 1.19. The van der Waals surface area contributed by atoms with Gasteiger partial charge in [0.2, 0.25) is 5.90 Å². The Morgan fingerprint density at radius 2 is 2.38 bits per heavy atom. The Bertz CT molecular complexity index is 280. The van der Waals surface area contributed by atoms with Crippen molar-refractivity contribution in [3.8, 4) is 0 Å². The average molecular weight is 177 g/mol. The molecule has 0 radical (unpaired) electrons. The first-order valence-corrected chi connectivity index (χ1v) is 5.33. The van der Waals surface area contributed by atoms with Crippen LogP contribution in [0.25, 0.3) is 0 Å². The Labute approximate surface area is 78.7 Å². The van der Waals surface area contributed by atoms with Gasteiger partial charge in [0.25, 0.3) is 0 Å². The molecule has 1 aliphatic heterocycles. The first-order chi connectivity index (χ1) is 6.43. The Morgan fingerprint density at radius 1 is 1.38 bits per heavy atom. The second-order valence-corrected chi connectivity index (χ2v) is 4.28. The van der Waals surface area contributed by atoms with E-state index < -0.39 is 0 Å². The van der Waals surface area contributed by atoms with Gasteiger partial charge in [-0.2, -0.15) is 0 Å². The van der Waals surface area contributed by atoms with Crippen molar-refractivity contribution in [2.24, 2.45) is 16.8 Å². The number of hydrogen-bond acceptors (Lipinski definition) is 2. The zero-order valence-electron chi connectivity index (χ0n) is 7.83. The molecular formula is C11H15NO. The molecule has 0 N–H and O–H groups in total. The fourth-order valence-electron chi connectivity index (χ4n) is 2.72. The maximum absolute atomic E-state index is 5.60. The zero-order chi connectivity index (χ0) is 8.67. The Hall–Kier alpha value is -0.790. The van der Waals surface area contributed by atoms with Gasteiger partial charge < -0.3 is 4.74 Å². The van der Waals surface area contributed by atoms with Gasteiger partial charge in [-0.3, -0.25) is 4.99 Å². The van der Waals surface area contributed by atoms with Crippen LogP contribution in [-0.2, 0) is 4.74 Å². The Kier molecular flexibility index (Phi) is 1.67. The summed E-state index contributed by atoms with van der Waals surface area (Å²) in [6.07, 6.45) is 7.60. The lowest BCUT2D eigenvalue weighted by molar-refractivity contribution is 0.280. The molecule has 0 saturated heterocycles. The summed E-state index contributed by atoms with van der Waals surface area (Å²) < 4.78 is 5.60. The molecule has 3 rings (SSSR count). The Morgan fingerprint density at radius 3 is 3.00 bits per heavy atom. The lowest BCUT2D eigenvalue weighted by atomic mass is 9.98. The van der Waals surface area contributed by atoms with Crippen LogP contribution in [0.15, 0.2) is 16.6 Å². The largest absolute Gasteiger partial charge is 0.478 e. The molecule has 0 aromatic heterocycles. The monoisotopic (exact) mass is 177 g/mol. The fourth-order valence-corrected chi connectivity index (χ4v) is 2.72. The number of nitrogens with zero attached hydrogens (tertiary/aromatic N) is 1. The molecule has 3 aliphatic rings. The molecule has 2 atom stereocenters. The standard InChI is InChI=1S/C11H15NO/c1-4-12-11(13-5-1)10-7-8-2-3-9(10)6-8/h7-9H,1-6H2. The average Bonchev–Trinajstić information content (AvgIpc) is 2.80. The number of allylic oxidation sites excluding steroid dienone is 1. The predicted octanol–water partition coefficient (Wildman–Crippen LogP) is 2.16. The van der Waals surface area contributed by atoms with Crippen LogP contribution in [0.2, 0.25) is 0 Å². The van der Waals surface area contributed by atoms with Gasteiger partial charge in [-0.05, 0) is 31.1 Å². The molecule has 2 bridgehead atoms. The van der Waals surface area contributed by atoms with Crippen molar-refractivity contribution >= 4 is 5.90 Å². The normalized spacial score (nSPS) is 36.9. The SMILES string of the molecule is C1=C(C2=NCCCO2)C2CCC1C2. The first-order valence-electron chi connectivity index (χ1n) is 5.33. The highest BCUT2D eigenvalue weighted by molar-refractivity contribution is 5.95. The summed E-state index contributed by atoms with van der Waals surface area (Å²) in [5, 5.41) is 0. The molecule has 2 unspecified atom stereocenters. The van der Waals surface area contributed by atoms with Gasteiger partial charge in [0, 0.05) is 18.5 Å². The molecule has 0 spiro atoms. The molecule has 2 aliphatic carbocycles. The third-order valence-electron chi connectivity index (χ3n) is 3.37. The minimum absolute atomic E-state index is 0.779. The highest BCUT2D eigenvalue weighted by Crippen LogP contribution is 2.44. The topological polar surface area (TPSA) is 21.6 Å². The van der Waals surface area contributed by atoms with E-state index in [1.807, 2.05) is 0 Å². The van der Waals surface area contributed by atoms with E-state index >= 15 is 0 Å². The van der Waals surface area contributed by atoms with Crippen LogP contribution in [0.1, 0.15) is 25.7 Å². The molecule has 13 heavy (non-hydrogen) atoms. The van der Waals surface area contributed by atoms with Crippen molar-refractivity contribution in [3.05, 3.63) is 11.6 Å². The van der Waals surface area contributed by atoms with Crippen LogP contribution in [0.4, 0.5) is 0 Å². The van der Waals surface area contributed by atoms with Crippen LogP contribution >= 0.6 is 0 Å². The lowest BCUT2D eigenvalue weighted by Crippen LogP contribution is -2.19. The summed E-state index contributed by atoms with van der Waals surface area (Å²) in [4.78, 5) is 4.46. The summed E-state index contributed by atoms with van der Waals surface area (Å²) in [6, 6.07) is 0. The van der Waals surface area contributed by atoms with Crippen molar-refractivity contribution in [1.29, 1.82) is 0 Å². The fraction of sp³-hybridized carbons (Fsp3) is 0.727. The van der Waals surface area contributed by atoms with Gasteiger partial charge in [-0.15, -0.1) is 0 Å². The van der Waals surface area contributed by atoms with Gasteiger partial charge in [0.05, 0.1) is 6.61 Å². The van der Waals surface area contributed by atoms with Gasteiger partial charge in [-0.25, -0.2) is 0 Å². The summed E-state index contributed by atoms with van der Waals surface area (Å²) in [6.45, 7) is 1.83. The zero-order valence-corrected chi connectivity index (χ0v) is 7.83. The third-order valence-corrected chi connectivity index (χ3v) is 3.37. The molecule has 2 heteroatoms. The van der Waals surface area contributed by atoms with Crippen LogP contribution in [0, 0.1) is 11.8 Å². The number of aliphatic imine (C=N–C) groups is 1. The molecule has 2 nitrogen and oxygen atoms in total. The predicted molar refractivity (Wildman–Crippen MR) is 51.8 cm³/mol. The van der Waals surface area contributed by atoms with Crippen LogP contribution in [0.3, 0.4) is 0 Å². The van der Waals surface area contributed by atoms with Gasteiger partial charge in [-0.1, -0.05) is 6.08 Å². The smallest absolute Gasteiger partial charge is 0.211 e. The van der Waals surface area contributed by atoms with Gasteiger partial charge in [0.15, 0.2) is 0 Å². The number of fused-ring (bicyclic) bond motifs is 2. The maximum atomic E-state index is 5.60. The number of hydrogen-bond donors (Lipinski definition) is 0. The van der Waals surface area contributed by atoms with E-state index in [2.05, 4.69) is 11.1 Å². The highest BCUT2D eigenvalue weighted by Gasteiger charge is 2.35. The summed E-state index contributed by atoms with van der Waals surface area (Å²) in [5.74, 6) is 2.59. The number of ether oxygens (including phenoxy) is 1. The molecule has 1 saturated carbocycles. The highest BCUT2D eigenvalue weighted by atomic mass is 16.5. The van der Waals surface area contributed by atoms with E-state index in [1.165, 1.54) is 24.8 Å². The maximum Gasteiger partial charge on any atom is 0.211 e. The van der Waals surface area contributed by atoms with Crippen LogP contribution < -0.4 is 0 Å². The van der Waals surface area contributed by atoms with Crippen molar-refractivity contribution in [2.75, 3.05) is 13.2 Å². The second kappa shape index (κ2) is 2.86. The minimum atomic E-state index is 0.779. The van der Waals surface area contributed by atoms with Gasteiger partial charge >= 0.3 is 0 Å². The molecule has 1 heterocycles. The van der Waals surface area contributed by atoms with E-state index in [9.17, 15) is 0 Å². The van der Waals surface area contributed by atoms with Crippen molar-refractivity contribution in [3.63, 3.8) is 0 Å². The van der Waals surface area contributed by atoms with E-state index in [1.54, 1.807) is 0 Å². The minimum Gasteiger partial charge on any atom is -0.478 e. The van der Waals surface area contributed by atoms with E-state index in [4.69, 9.17) is 4.74 Å².